The zero-order valence-corrected chi connectivity index (χ0v) is 16.4. The third-order valence-electron chi connectivity index (χ3n) is 4.80. The monoisotopic (exact) mass is 369 g/mol. The van der Waals surface area contributed by atoms with E-state index in [4.69, 9.17) is 20.9 Å². The molecule has 3 rings (SSSR count). The van der Waals surface area contributed by atoms with Crippen LogP contribution in [0.15, 0.2) is 36.4 Å². The van der Waals surface area contributed by atoms with Gasteiger partial charge in [0.2, 0.25) is 0 Å². The van der Waals surface area contributed by atoms with Gasteiger partial charge < -0.3 is 25.5 Å². The highest BCUT2D eigenvalue weighted by Gasteiger charge is 2.16. The standard InChI is InChI=1S/C22H31N3O2/c1-3-5-11-27-18(15-26-10-4-2)14-25-21-8-6-16(23)12-19(21)20-13-17(24)7-9-22(20)25/h6-9,12-13,18H,3-5,10-11,14-15,23-24H2,1-2H3. The summed E-state index contributed by atoms with van der Waals surface area (Å²) in [7, 11) is 0. The summed E-state index contributed by atoms with van der Waals surface area (Å²) < 4.78 is 14.3. The summed E-state index contributed by atoms with van der Waals surface area (Å²) in [4.78, 5) is 0. The fraction of sp³-hybridized carbons (Fsp3) is 0.455. The van der Waals surface area contributed by atoms with E-state index in [0.717, 1.165) is 72.2 Å². The second-order valence-electron chi connectivity index (χ2n) is 7.09. The molecule has 146 valence electrons. The molecule has 0 saturated carbocycles. The van der Waals surface area contributed by atoms with E-state index in [-0.39, 0.29) is 6.10 Å². The lowest BCUT2D eigenvalue weighted by molar-refractivity contribution is -0.0243. The topological polar surface area (TPSA) is 75.4 Å². The average Bonchev–Trinajstić information content (AvgIpc) is 2.94. The number of hydrogen-bond donors (Lipinski definition) is 2. The Morgan fingerprint density at radius 1 is 0.889 bits per heavy atom. The van der Waals surface area contributed by atoms with Gasteiger partial charge in [-0.2, -0.15) is 0 Å². The average molecular weight is 370 g/mol. The van der Waals surface area contributed by atoms with Crippen LogP contribution in [0.1, 0.15) is 33.1 Å². The third kappa shape index (κ3) is 4.54. The van der Waals surface area contributed by atoms with Gasteiger partial charge in [-0.1, -0.05) is 20.3 Å². The largest absolute Gasteiger partial charge is 0.399 e. The Hall–Kier alpha value is -2.24. The van der Waals surface area contributed by atoms with Crippen LogP contribution in [0.4, 0.5) is 11.4 Å². The molecule has 0 amide bonds. The summed E-state index contributed by atoms with van der Waals surface area (Å²) in [6, 6.07) is 12.1. The first-order chi connectivity index (χ1) is 13.1. The lowest BCUT2D eigenvalue weighted by Gasteiger charge is -2.20. The fourth-order valence-corrected chi connectivity index (χ4v) is 3.45. The number of fused-ring (bicyclic) bond motifs is 3. The van der Waals surface area contributed by atoms with Gasteiger partial charge in [0, 0.05) is 46.4 Å². The van der Waals surface area contributed by atoms with Gasteiger partial charge in [0.15, 0.2) is 0 Å². The van der Waals surface area contributed by atoms with Crippen LogP contribution in [-0.4, -0.2) is 30.5 Å². The Labute approximate surface area is 161 Å². The van der Waals surface area contributed by atoms with Gasteiger partial charge in [0.25, 0.3) is 0 Å². The molecule has 0 radical (unpaired) electrons. The van der Waals surface area contributed by atoms with Crippen LogP contribution >= 0.6 is 0 Å². The Kier molecular flexibility index (Phi) is 6.58. The van der Waals surface area contributed by atoms with Crippen LogP contribution in [0.25, 0.3) is 21.8 Å². The first-order valence-electron chi connectivity index (χ1n) is 9.90. The highest BCUT2D eigenvalue weighted by molar-refractivity contribution is 6.09. The maximum atomic E-state index is 6.15. The van der Waals surface area contributed by atoms with E-state index in [1.165, 1.54) is 0 Å². The van der Waals surface area contributed by atoms with E-state index >= 15 is 0 Å². The number of anilines is 2. The lowest BCUT2D eigenvalue weighted by atomic mass is 10.1. The molecule has 3 aromatic rings. The number of nitrogens with two attached hydrogens (primary N) is 2. The lowest BCUT2D eigenvalue weighted by Crippen LogP contribution is -2.26. The molecule has 0 aliphatic carbocycles. The van der Waals surface area contributed by atoms with E-state index in [1.807, 2.05) is 24.3 Å². The van der Waals surface area contributed by atoms with Crippen LogP contribution < -0.4 is 11.5 Å². The second kappa shape index (κ2) is 9.11. The van der Waals surface area contributed by atoms with Gasteiger partial charge in [-0.25, -0.2) is 0 Å². The molecule has 0 spiro atoms. The fourth-order valence-electron chi connectivity index (χ4n) is 3.45. The molecule has 4 N–H and O–H groups in total. The predicted molar refractivity (Wildman–Crippen MR) is 114 cm³/mol. The molecule has 0 aliphatic heterocycles. The smallest absolute Gasteiger partial charge is 0.0987 e. The number of nitrogens with zero attached hydrogens (tertiary/aromatic N) is 1. The van der Waals surface area contributed by atoms with Gasteiger partial charge in [-0.05, 0) is 49.2 Å². The Morgan fingerprint density at radius 3 is 2.07 bits per heavy atom. The summed E-state index contributed by atoms with van der Waals surface area (Å²) in [6.07, 6.45) is 3.20. The molecule has 0 bridgehead atoms. The maximum Gasteiger partial charge on any atom is 0.0987 e. The van der Waals surface area contributed by atoms with Crippen LogP contribution in [0.5, 0.6) is 0 Å². The minimum absolute atomic E-state index is 0.0111. The van der Waals surface area contributed by atoms with Gasteiger partial charge in [-0.15, -0.1) is 0 Å². The highest BCUT2D eigenvalue weighted by Crippen LogP contribution is 2.32. The molecule has 0 fully saturated rings. The van der Waals surface area contributed by atoms with Crippen molar-refractivity contribution in [3.63, 3.8) is 0 Å². The molecule has 0 aliphatic rings. The Balaban J connectivity index is 1.96. The van der Waals surface area contributed by atoms with Crippen LogP contribution in [-0.2, 0) is 16.0 Å². The van der Waals surface area contributed by atoms with Crippen LogP contribution in [0.2, 0.25) is 0 Å². The molecule has 1 heterocycles. The summed E-state index contributed by atoms with van der Waals surface area (Å²) in [5.74, 6) is 0. The van der Waals surface area contributed by atoms with Crippen molar-refractivity contribution in [1.29, 1.82) is 0 Å². The van der Waals surface area contributed by atoms with E-state index in [0.29, 0.717) is 6.61 Å². The summed E-state index contributed by atoms with van der Waals surface area (Å²) in [5, 5.41) is 2.25. The number of benzene rings is 2. The van der Waals surface area contributed by atoms with Crippen molar-refractivity contribution in [1.82, 2.24) is 4.57 Å². The summed E-state index contributed by atoms with van der Waals surface area (Å²) in [6.45, 7) is 7.15. The zero-order chi connectivity index (χ0) is 19.2. The molecule has 5 nitrogen and oxygen atoms in total. The first-order valence-corrected chi connectivity index (χ1v) is 9.90. The van der Waals surface area contributed by atoms with Crippen molar-refractivity contribution in [2.75, 3.05) is 31.3 Å². The number of rotatable bonds is 10. The van der Waals surface area contributed by atoms with Crippen LogP contribution in [0.3, 0.4) is 0 Å². The molecule has 27 heavy (non-hydrogen) atoms. The Morgan fingerprint density at radius 2 is 1.52 bits per heavy atom. The molecular formula is C22H31N3O2. The van der Waals surface area contributed by atoms with Gasteiger partial charge in [0.05, 0.1) is 19.3 Å². The number of ether oxygens (including phenoxy) is 2. The summed E-state index contributed by atoms with van der Waals surface area (Å²) in [5.41, 5.74) is 15.9. The normalized spacial score (nSPS) is 12.8. The van der Waals surface area contributed by atoms with Crippen molar-refractivity contribution in [2.45, 2.75) is 45.8 Å². The molecule has 2 aromatic carbocycles. The van der Waals surface area contributed by atoms with Crippen molar-refractivity contribution < 1.29 is 9.47 Å². The third-order valence-corrected chi connectivity index (χ3v) is 4.80. The minimum atomic E-state index is 0.0111. The zero-order valence-electron chi connectivity index (χ0n) is 16.4. The molecule has 5 heteroatoms. The molecule has 1 atom stereocenters. The summed E-state index contributed by atoms with van der Waals surface area (Å²) >= 11 is 0. The van der Waals surface area contributed by atoms with Gasteiger partial charge in [-0.3, -0.25) is 0 Å². The number of unbranched alkanes of at least 4 members (excludes halogenated alkanes) is 1. The van der Waals surface area contributed by atoms with Gasteiger partial charge >= 0.3 is 0 Å². The van der Waals surface area contributed by atoms with Crippen molar-refractivity contribution in [3.05, 3.63) is 36.4 Å². The van der Waals surface area contributed by atoms with E-state index in [1.54, 1.807) is 0 Å². The molecule has 1 aromatic heterocycles. The quantitative estimate of drug-likeness (QED) is 0.405. The second-order valence-corrected chi connectivity index (χ2v) is 7.09. The number of nitrogen functional groups attached to an aromatic ring is 2. The predicted octanol–water partition coefficient (Wildman–Crippen LogP) is 4.57. The molecule has 0 saturated heterocycles. The molecular weight excluding hydrogens is 338 g/mol. The van der Waals surface area contributed by atoms with E-state index in [9.17, 15) is 0 Å². The van der Waals surface area contributed by atoms with Crippen LogP contribution in [0, 0.1) is 0 Å². The van der Waals surface area contributed by atoms with Crippen molar-refractivity contribution >= 4 is 33.2 Å². The maximum absolute atomic E-state index is 6.15. The highest BCUT2D eigenvalue weighted by atomic mass is 16.5. The van der Waals surface area contributed by atoms with E-state index in [2.05, 4.69) is 30.5 Å². The number of hydrogen-bond acceptors (Lipinski definition) is 4. The van der Waals surface area contributed by atoms with E-state index < -0.39 is 0 Å². The SMILES string of the molecule is CCCCOC(COCCC)Cn1c2ccc(N)cc2c2cc(N)ccc21. The molecule has 1 unspecified atom stereocenters. The van der Waals surface area contributed by atoms with Crippen molar-refractivity contribution in [3.8, 4) is 0 Å². The number of aromatic nitrogens is 1. The minimum Gasteiger partial charge on any atom is -0.399 e. The Bertz CT molecular complexity index is 819. The van der Waals surface area contributed by atoms with Crippen molar-refractivity contribution in [2.24, 2.45) is 0 Å². The van der Waals surface area contributed by atoms with Gasteiger partial charge in [0.1, 0.15) is 0 Å². The first kappa shape index (κ1) is 19.5.